The molecule has 2 aromatic heterocycles. The van der Waals surface area contributed by atoms with Crippen molar-refractivity contribution in [2.24, 2.45) is 0 Å². The van der Waals surface area contributed by atoms with Crippen molar-refractivity contribution in [3.63, 3.8) is 0 Å². The molecule has 10 heteroatoms. The van der Waals surface area contributed by atoms with Gasteiger partial charge < -0.3 is 9.84 Å². The van der Waals surface area contributed by atoms with E-state index in [0.717, 1.165) is 4.57 Å². The van der Waals surface area contributed by atoms with E-state index in [-0.39, 0.29) is 5.15 Å². The molecule has 0 saturated carbocycles. The van der Waals surface area contributed by atoms with Crippen molar-refractivity contribution in [2.75, 3.05) is 7.11 Å². The number of carbonyl (C=O) groups is 1. The van der Waals surface area contributed by atoms with E-state index in [1.165, 1.54) is 37.2 Å². The lowest BCUT2D eigenvalue weighted by Gasteiger charge is -2.17. The highest BCUT2D eigenvalue weighted by Gasteiger charge is 2.20. The highest BCUT2D eigenvalue weighted by molar-refractivity contribution is 6.31. The molecule has 2 heterocycles. The highest BCUT2D eigenvalue weighted by Crippen LogP contribution is 2.35. The Morgan fingerprint density at radius 3 is 2.56 bits per heavy atom. The van der Waals surface area contributed by atoms with Crippen LogP contribution in [0.2, 0.25) is 10.2 Å². The number of pyridine rings is 1. The van der Waals surface area contributed by atoms with Gasteiger partial charge in [0.25, 0.3) is 5.56 Å². The number of nitrogens with zero attached hydrogens (tertiary/aromatic N) is 4. The molecule has 0 amide bonds. The summed E-state index contributed by atoms with van der Waals surface area (Å²) >= 11 is 12.0. The third-order valence-corrected chi connectivity index (χ3v) is 4.41. The first-order valence-corrected chi connectivity index (χ1v) is 8.48. The number of hydrogen-bond donors (Lipinski definition) is 1. The smallest absolute Gasteiger partial charge is 0.326 e. The average molecular weight is 409 g/mol. The number of carboxylic acid groups (broad SMARTS) is 1. The number of aliphatic carboxylic acids is 1. The van der Waals surface area contributed by atoms with Gasteiger partial charge in [0.15, 0.2) is 5.15 Å². The van der Waals surface area contributed by atoms with Crippen molar-refractivity contribution < 1.29 is 14.6 Å². The van der Waals surface area contributed by atoms with Crippen LogP contribution in [0, 0.1) is 0 Å². The topological polar surface area (TPSA) is 99.2 Å². The number of benzene rings is 1. The molecule has 0 fully saturated rings. The van der Waals surface area contributed by atoms with Crippen LogP contribution in [0.15, 0.2) is 41.5 Å². The molecule has 0 saturated heterocycles. The summed E-state index contributed by atoms with van der Waals surface area (Å²) in [7, 11) is 1.43. The fraction of sp³-hybridized carbons (Fsp3) is 0.176. The number of carboxylic acids is 1. The summed E-state index contributed by atoms with van der Waals surface area (Å²) in [5.41, 5.74) is 1.05. The SMILES string of the molecule is COc1cn(C(C)C(=O)O)c(=O)cc1-c1cc(Cl)ccc1-n1cc(Cl)nn1. The van der Waals surface area contributed by atoms with Crippen LogP contribution in [-0.4, -0.2) is 37.7 Å². The van der Waals surface area contributed by atoms with Gasteiger partial charge in [-0.25, -0.2) is 9.48 Å². The van der Waals surface area contributed by atoms with Crippen molar-refractivity contribution in [3.05, 3.63) is 57.2 Å². The molecule has 0 aliphatic heterocycles. The number of halogens is 2. The molecule has 0 aliphatic carbocycles. The van der Waals surface area contributed by atoms with Gasteiger partial charge in [0, 0.05) is 22.2 Å². The van der Waals surface area contributed by atoms with Gasteiger partial charge in [0.1, 0.15) is 11.8 Å². The van der Waals surface area contributed by atoms with Gasteiger partial charge in [-0.15, -0.1) is 5.10 Å². The van der Waals surface area contributed by atoms with Crippen LogP contribution in [0.5, 0.6) is 5.75 Å². The summed E-state index contributed by atoms with van der Waals surface area (Å²) in [6.45, 7) is 1.41. The van der Waals surface area contributed by atoms with E-state index < -0.39 is 17.6 Å². The predicted octanol–water partition coefficient (Wildman–Crippen LogP) is 3.06. The Morgan fingerprint density at radius 2 is 1.96 bits per heavy atom. The lowest BCUT2D eigenvalue weighted by Crippen LogP contribution is -2.27. The molecule has 1 N–H and O–H groups in total. The molecule has 27 heavy (non-hydrogen) atoms. The highest BCUT2D eigenvalue weighted by atomic mass is 35.5. The Morgan fingerprint density at radius 1 is 1.22 bits per heavy atom. The van der Waals surface area contributed by atoms with Gasteiger partial charge in [-0.3, -0.25) is 9.36 Å². The minimum atomic E-state index is -1.13. The van der Waals surface area contributed by atoms with E-state index in [2.05, 4.69) is 10.3 Å². The Hall–Kier alpha value is -2.84. The first-order valence-electron chi connectivity index (χ1n) is 7.73. The van der Waals surface area contributed by atoms with E-state index >= 15 is 0 Å². The third kappa shape index (κ3) is 3.67. The number of aromatic nitrogens is 4. The number of rotatable bonds is 5. The fourth-order valence-corrected chi connectivity index (χ4v) is 2.91. The molecule has 1 unspecified atom stereocenters. The maximum atomic E-state index is 12.5. The first-order chi connectivity index (χ1) is 12.8. The molecular weight excluding hydrogens is 395 g/mol. The minimum Gasteiger partial charge on any atom is -0.495 e. The molecule has 1 atom stereocenters. The van der Waals surface area contributed by atoms with Gasteiger partial charge in [-0.05, 0) is 25.1 Å². The Labute approximate surface area is 163 Å². The summed E-state index contributed by atoms with van der Waals surface area (Å²) in [6.07, 6.45) is 2.87. The van der Waals surface area contributed by atoms with E-state index in [1.807, 2.05) is 0 Å². The van der Waals surface area contributed by atoms with Crippen LogP contribution in [0.3, 0.4) is 0 Å². The normalized spacial score (nSPS) is 12.0. The zero-order chi connectivity index (χ0) is 19.7. The first kappa shape index (κ1) is 18.9. The minimum absolute atomic E-state index is 0.202. The van der Waals surface area contributed by atoms with Crippen LogP contribution in [-0.2, 0) is 4.79 Å². The van der Waals surface area contributed by atoms with E-state index in [4.69, 9.17) is 27.9 Å². The molecule has 140 valence electrons. The summed E-state index contributed by atoms with van der Waals surface area (Å²) in [5, 5.41) is 17.5. The van der Waals surface area contributed by atoms with Crippen LogP contribution < -0.4 is 10.3 Å². The molecule has 0 bridgehead atoms. The van der Waals surface area contributed by atoms with Crippen LogP contribution >= 0.6 is 23.2 Å². The summed E-state index contributed by atoms with van der Waals surface area (Å²) in [6, 6.07) is 5.26. The molecule has 0 aliphatic rings. The van der Waals surface area contributed by atoms with Crippen LogP contribution in [0.4, 0.5) is 0 Å². The maximum absolute atomic E-state index is 12.5. The quantitative estimate of drug-likeness (QED) is 0.696. The molecular formula is C17H14Cl2N4O4. The Bertz CT molecular complexity index is 1080. The largest absolute Gasteiger partial charge is 0.495 e. The van der Waals surface area contributed by atoms with Gasteiger partial charge in [-0.2, -0.15) is 0 Å². The van der Waals surface area contributed by atoms with Crippen molar-refractivity contribution in [1.29, 1.82) is 0 Å². The summed E-state index contributed by atoms with van der Waals surface area (Å²) < 4.78 is 7.92. The molecule has 0 spiro atoms. The van der Waals surface area contributed by atoms with Crippen molar-refractivity contribution in [3.8, 4) is 22.6 Å². The fourth-order valence-electron chi connectivity index (χ4n) is 2.61. The lowest BCUT2D eigenvalue weighted by atomic mass is 10.0. The van der Waals surface area contributed by atoms with Crippen molar-refractivity contribution in [2.45, 2.75) is 13.0 Å². The third-order valence-electron chi connectivity index (χ3n) is 4.00. The second-order valence-electron chi connectivity index (χ2n) is 5.66. The molecule has 1 aromatic carbocycles. The van der Waals surface area contributed by atoms with Crippen molar-refractivity contribution in [1.82, 2.24) is 19.6 Å². The second kappa shape index (κ2) is 7.42. The lowest BCUT2D eigenvalue weighted by molar-refractivity contribution is -0.140. The zero-order valence-electron chi connectivity index (χ0n) is 14.3. The molecule has 8 nitrogen and oxygen atoms in total. The zero-order valence-corrected chi connectivity index (χ0v) is 15.8. The summed E-state index contributed by atoms with van der Waals surface area (Å²) in [4.78, 5) is 23.8. The Balaban J connectivity index is 2.25. The van der Waals surface area contributed by atoms with Gasteiger partial charge in [-0.1, -0.05) is 28.4 Å². The van der Waals surface area contributed by atoms with Crippen molar-refractivity contribution >= 4 is 29.2 Å². The van der Waals surface area contributed by atoms with E-state index in [0.29, 0.717) is 27.6 Å². The van der Waals surface area contributed by atoms with E-state index in [9.17, 15) is 14.7 Å². The van der Waals surface area contributed by atoms with Gasteiger partial charge in [0.2, 0.25) is 0 Å². The van der Waals surface area contributed by atoms with Crippen LogP contribution in [0.1, 0.15) is 13.0 Å². The number of methoxy groups -OCH3 is 1. The number of hydrogen-bond acceptors (Lipinski definition) is 5. The average Bonchev–Trinajstić information content (AvgIpc) is 3.06. The monoisotopic (exact) mass is 408 g/mol. The van der Waals surface area contributed by atoms with Gasteiger partial charge in [0.05, 0.1) is 25.2 Å². The molecule has 3 aromatic rings. The van der Waals surface area contributed by atoms with Crippen LogP contribution in [0.25, 0.3) is 16.8 Å². The number of ether oxygens (including phenoxy) is 1. The second-order valence-corrected chi connectivity index (χ2v) is 6.49. The molecule has 0 radical (unpaired) electrons. The predicted molar refractivity (Wildman–Crippen MR) is 100.0 cm³/mol. The molecule has 3 rings (SSSR count). The summed E-state index contributed by atoms with van der Waals surface area (Å²) in [5.74, 6) is -0.829. The van der Waals surface area contributed by atoms with Gasteiger partial charge >= 0.3 is 5.97 Å². The Kier molecular flexibility index (Phi) is 5.20. The maximum Gasteiger partial charge on any atom is 0.326 e. The standard InChI is InChI=1S/C17H14Cl2N4O4/c1-9(17(25)26)22-7-14(27-2)12(6-16(22)24)11-5-10(18)3-4-13(11)23-8-15(19)20-21-23/h3-9H,1-2H3,(H,25,26). The van der Waals surface area contributed by atoms with E-state index in [1.54, 1.807) is 18.2 Å².